The number of fused-ring (bicyclic) bond motifs is 1. The van der Waals surface area contributed by atoms with Gasteiger partial charge in [0.05, 0.1) is 11.7 Å². The van der Waals surface area contributed by atoms with Crippen LogP contribution in [0.1, 0.15) is 22.9 Å². The Morgan fingerprint density at radius 2 is 2.11 bits per heavy atom. The number of hydrogen-bond donors (Lipinski definition) is 2. The van der Waals surface area contributed by atoms with Crippen LogP contribution in [0.2, 0.25) is 0 Å². The molecule has 2 heterocycles. The molecule has 4 heteroatoms. The van der Waals surface area contributed by atoms with Crippen LogP contribution in [0.3, 0.4) is 0 Å². The number of rotatable bonds is 2. The minimum atomic E-state index is -0.00680. The van der Waals surface area contributed by atoms with E-state index in [1.807, 2.05) is 25.3 Å². The van der Waals surface area contributed by atoms with Gasteiger partial charge >= 0.3 is 0 Å². The first-order valence-corrected chi connectivity index (χ1v) is 6.78. The normalized spacial score (nSPS) is 13.1. The highest BCUT2D eigenvalue weighted by Crippen LogP contribution is 2.34. The Hall–Kier alpha value is -1.65. The average molecular weight is 257 g/mol. The molecule has 92 valence electrons. The van der Waals surface area contributed by atoms with E-state index in [-0.39, 0.29) is 6.04 Å². The molecule has 0 aliphatic heterocycles. The Morgan fingerprint density at radius 1 is 1.33 bits per heavy atom. The Bertz CT molecular complexity index is 694. The molecule has 3 N–H and O–H groups in total. The van der Waals surface area contributed by atoms with Crippen molar-refractivity contribution < 1.29 is 0 Å². The lowest BCUT2D eigenvalue weighted by atomic mass is 10.1. The summed E-state index contributed by atoms with van der Waals surface area (Å²) in [4.78, 5) is 9.18. The maximum atomic E-state index is 5.90. The number of H-pyrrole nitrogens is 1. The molecule has 1 unspecified atom stereocenters. The van der Waals surface area contributed by atoms with Crippen molar-refractivity contribution >= 4 is 22.2 Å². The van der Waals surface area contributed by atoms with E-state index in [9.17, 15) is 0 Å². The van der Waals surface area contributed by atoms with Gasteiger partial charge < -0.3 is 10.7 Å². The van der Waals surface area contributed by atoms with E-state index in [2.05, 4.69) is 29.0 Å². The van der Waals surface area contributed by atoms with E-state index < -0.39 is 0 Å². The van der Waals surface area contributed by atoms with Crippen molar-refractivity contribution in [3.8, 4) is 11.3 Å². The van der Waals surface area contributed by atoms with Crippen LogP contribution in [-0.4, -0.2) is 9.97 Å². The topological polar surface area (TPSA) is 54.7 Å². The molecule has 3 rings (SSSR count). The molecule has 0 spiro atoms. The number of benzene rings is 1. The lowest BCUT2D eigenvalue weighted by Crippen LogP contribution is -2.03. The minimum absolute atomic E-state index is 0.00680. The van der Waals surface area contributed by atoms with Gasteiger partial charge in [-0.15, -0.1) is 11.3 Å². The van der Waals surface area contributed by atoms with E-state index in [1.165, 1.54) is 10.3 Å². The number of hydrogen-bond acceptors (Lipinski definition) is 3. The van der Waals surface area contributed by atoms with Crippen molar-refractivity contribution in [3.05, 3.63) is 40.3 Å². The third-order valence-electron chi connectivity index (χ3n) is 3.05. The number of nitrogens with two attached hydrogens (primary N) is 1. The molecule has 2 aromatic heterocycles. The Balaban J connectivity index is 2.20. The fraction of sp³-hybridized carbons (Fsp3) is 0.214. The number of para-hydroxylation sites is 1. The van der Waals surface area contributed by atoms with Gasteiger partial charge in [0.1, 0.15) is 5.01 Å². The number of aromatic nitrogens is 2. The van der Waals surface area contributed by atoms with Gasteiger partial charge in [0, 0.05) is 27.5 Å². The van der Waals surface area contributed by atoms with E-state index in [0.29, 0.717) is 0 Å². The summed E-state index contributed by atoms with van der Waals surface area (Å²) in [5.41, 5.74) is 9.25. The van der Waals surface area contributed by atoms with Crippen molar-refractivity contribution in [2.75, 3.05) is 0 Å². The summed E-state index contributed by atoms with van der Waals surface area (Å²) >= 11 is 1.68. The molecular formula is C14H15N3S. The molecule has 0 fully saturated rings. The molecule has 0 amide bonds. The zero-order chi connectivity index (χ0) is 12.7. The molecule has 1 atom stereocenters. The van der Waals surface area contributed by atoms with Crippen molar-refractivity contribution in [2.24, 2.45) is 5.73 Å². The summed E-state index contributed by atoms with van der Waals surface area (Å²) in [7, 11) is 0. The van der Waals surface area contributed by atoms with E-state index in [1.54, 1.807) is 11.3 Å². The van der Waals surface area contributed by atoms with Crippen LogP contribution in [0.15, 0.2) is 30.5 Å². The van der Waals surface area contributed by atoms with Crippen LogP contribution in [-0.2, 0) is 0 Å². The summed E-state index contributed by atoms with van der Waals surface area (Å²) < 4.78 is 0. The average Bonchev–Trinajstić information content (AvgIpc) is 2.92. The zero-order valence-electron chi connectivity index (χ0n) is 10.4. The molecule has 0 aliphatic rings. The Kier molecular flexibility index (Phi) is 2.69. The van der Waals surface area contributed by atoms with Crippen molar-refractivity contribution in [1.29, 1.82) is 0 Å². The predicted octanol–water partition coefficient (Wildman–Crippen LogP) is 3.62. The largest absolute Gasteiger partial charge is 0.360 e. The lowest BCUT2D eigenvalue weighted by molar-refractivity contribution is 0.808. The third-order valence-corrected chi connectivity index (χ3v) is 4.22. The van der Waals surface area contributed by atoms with Gasteiger partial charge in [0.25, 0.3) is 0 Å². The van der Waals surface area contributed by atoms with Gasteiger partial charge in [-0.25, -0.2) is 4.98 Å². The monoisotopic (exact) mass is 257 g/mol. The second-order valence-electron chi connectivity index (χ2n) is 4.49. The summed E-state index contributed by atoms with van der Waals surface area (Å²) in [6, 6.07) is 8.27. The summed E-state index contributed by atoms with van der Waals surface area (Å²) in [5, 5.41) is 2.20. The number of nitrogens with one attached hydrogen (secondary N) is 1. The summed E-state index contributed by atoms with van der Waals surface area (Å²) in [6.45, 7) is 4.07. The highest BCUT2D eigenvalue weighted by atomic mass is 32.1. The molecule has 0 saturated carbocycles. The first-order valence-electron chi connectivity index (χ1n) is 5.96. The second kappa shape index (κ2) is 4.23. The fourth-order valence-corrected chi connectivity index (χ4v) is 3.02. The first-order chi connectivity index (χ1) is 8.66. The van der Waals surface area contributed by atoms with Gasteiger partial charge in [0.15, 0.2) is 0 Å². The second-order valence-corrected chi connectivity index (χ2v) is 5.73. The predicted molar refractivity (Wildman–Crippen MR) is 76.7 cm³/mol. The van der Waals surface area contributed by atoms with Crippen LogP contribution in [0.5, 0.6) is 0 Å². The maximum absolute atomic E-state index is 5.90. The highest BCUT2D eigenvalue weighted by Gasteiger charge is 2.15. The van der Waals surface area contributed by atoms with Crippen LogP contribution in [0.25, 0.3) is 22.2 Å². The van der Waals surface area contributed by atoms with Crippen LogP contribution in [0.4, 0.5) is 0 Å². The first kappa shape index (κ1) is 11.4. The molecular weight excluding hydrogens is 242 g/mol. The van der Waals surface area contributed by atoms with Gasteiger partial charge in [-0.3, -0.25) is 0 Å². The maximum Gasteiger partial charge on any atom is 0.110 e. The van der Waals surface area contributed by atoms with E-state index in [0.717, 1.165) is 21.8 Å². The minimum Gasteiger partial charge on any atom is -0.360 e. The molecule has 0 saturated heterocycles. The van der Waals surface area contributed by atoms with Gasteiger partial charge in [-0.2, -0.15) is 0 Å². The fourth-order valence-electron chi connectivity index (χ4n) is 2.13. The number of aryl methyl sites for hydroxylation is 1. The molecule has 3 nitrogen and oxygen atoms in total. The molecule has 1 aromatic carbocycles. The van der Waals surface area contributed by atoms with Gasteiger partial charge in [0.2, 0.25) is 0 Å². The van der Waals surface area contributed by atoms with Crippen molar-refractivity contribution in [2.45, 2.75) is 19.9 Å². The van der Waals surface area contributed by atoms with Crippen LogP contribution < -0.4 is 5.73 Å². The Morgan fingerprint density at radius 3 is 2.83 bits per heavy atom. The van der Waals surface area contributed by atoms with E-state index >= 15 is 0 Å². The standard InChI is InChI=1S/C14H15N3S/c1-8(15)14-17-13(9(2)18-14)11-7-16-12-6-4-3-5-10(11)12/h3-8,16H,15H2,1-2H3. The molecule has 0 bridgehead atoms. The molecule has 3 aromatic rings. The van der Waals surface area contributed by atoms with E-state index in [4.69, 9.17) is 5.73 Å². The lowest BCUT2D eigenvalue weighted by Gasteiger charge is -1.97. The number of thiazole rings is 1. The van der Waals surface area contributed by atoms with Gasteiger partial charge in [-0.1, -0.05) is 18.2 Å². The van der Waals surface area contributed by atoms with Crippen molar-refractivity contribution in [3.63, 3.8) is 0 Å². The molecule has 0 aliphatic carbocycles. The SMILES string of the molecule is Cc1sc(C(C)N)nc1-c1c[nH]c2ccccc12. The van der Waals surface area contributed by atoms with Crippen LogP contribution in [0, 0.1) is 6.92 Å². The highest BCUT2D eigenvalue weighted by molar-refractivity contribution is 7.12. The molecule has 0 radical (unpaired) electrons. The molecule has 18 heavy (non-hydrogen) atoms. The van der Waals surface area contributed by atoms with Crippen molar-refractivity contribution in [1.82, 2.24) is 9.97 Å². The van der Waals surface area contributed by atoms with Crippen LogP contribution >= 0.6 is 11.3 Å². The Labute approximate surface area is 110 Å². The number of nitrogens with zero attached hydrogens (tertiary/aromatic N) is 1. The summed E-state index contributed by atoms with van der Waals surface area (Å²) in [5.74, 6) is 0. The quantitative estimate of drug-likeness (QED) is 0.736. The summed E-state index contributed by atoms with van der Waals surface area (Å²) in [6.07, 6.45) is 2.03. The van der Waals surface area contributed by atoms with Gasteiger partial charge in [-0.05, 0) is 19.9 Å². The number of aromatic amines is 1. The smallest absolute Gasteiger partial charge is 0.110 e. The third kappa shape index (κ3) is 1.74. The zero-order valence-corrected chi connectivity index (χ0v) is 11.2.